The number of aryl methyl sites for hydroxylation is 1. The van der Waals surface area contributed by atoms with Gasteiger partial charge in [0.1, 0.15) is 5.69 Å². The summed E-state index contributed by atoms with van der Waals surface area (Å²) in [5.74, 6) is 0.165. The summed E-state index contributed by atoms with van der Waals surface area (Å²) in [6.07, 6.45) is 1.65. The van der Waals surface area contributed by atoms with Crippen LogP contribution in [0.3, 0.4) is 0 Å². The molecule has 5 rings (SSSR count). The minimum atomic E-state index is -4.49. The highest BCUT2D eigenvalue weighted by molar-refractivity contribution is 5.96. The summed E-state index contributed by atoms with van der Waals surface area (Å²) < 4.78 is 38.2. The van der Waals surface area contributed by atoms with E-state index in [1.54, 1.807) is 24.0 Å². The molecular weight excluding hydrogens is 425 g/mol. The van der Waals surface area contributed by atoms with E-state index in [1.807, 2.05) is 0 Å². The van der Waals surface area contributed by atoms with Crippen molar-refractivity contribution in [3.8, 4) is 5.69 Å². The van der Waals surface area contributed by atoms with Crippen LogP contribution in [0, 0.1) is 12.8 Å². The lowest BCUT2D eigenvalue weighted by Crippen LogP contribution is -2.48. The summed E-state index contributed by atoms with van der Waals surface area (Å²) in [6, 6.07) is 3.25. The fourth-order valence-corrected chi connectivity index (χ4v) is 4.47. The molecule has 1 saturated carbocycles. The lowest BCUT2D eigenvalue weighted by molar-refractivity contribution is -0.138. The van der Waals surface area contributed by atoms with Crippen molar-refractivity contribution in [2.75, 3.05) is 11.9 Å². The molecule has 3 aromatic heterocycles. The average Bonchev–Trinajstić information content (AvgIpc) is 3.50. The van der Waals surface area contributed by atoms with E-state index in [1.165, 1.54) is 17.2 Å². The van der Waals surface area contributed by atoms with Gasteiger partial charge in [-0.1, -0.05) is 0 Å². The minimum Gasteiger partial charge on any atom is -0.349 e. The smallest absolute Gasteiger partial charge is 0.349 e. The molecule has 166 valence electrons. The molecule has 2 bridgehead atoms. The monoisotopic (exact) mass is 444 g/mol. The summed E-state index contributed by atoms with van der Waals surface area (Å²) in [6.45, 7) is 2.40. The maximum Gasteiger partial charge on any atom is 0.419 e. The van der Waals surface area contributed by atoms with Crippen LogP contribution in [-0.4, -0.2) is 59.4 Å². The van der Waals surface area contributed by atoms with Crippen LogP contribution in [0.1, 0.15) is 34.6 Å². The van der Waals surface area contributed by atoms with Crippen LogP contribution in [0.2, 0.25) is 0 Å². The largest absolute Gasteiger partial charge is 0.419 e. The molecule has 1 N–H and O–H groups in total. The molecule has 0 spiro atoms. The molecule has 32 heavy (non-hydrogen) atoms. The number of alkyl halides is 3. The van der Waals surface area contributed by atoms with Crippen LogP contribution in [0.15, 0.2) is 36.9 Å². The number of hydrogen-bond donors (Lipinski definition) is 1. The Bertz CT molecular complexity index is 1130. The molecule has 1 aliphatic heterocycles. The lowest BCUT2D eigenvalue weighted by Gasteiger charge is -2.33. The van der Waals surface area contributed by atoms with E-state index in [-0.39, 0.29) is 35.6 Å². The first-order valence-corrected chi connectivity index (χ1v) is 10.1. The fourth-order valence-electron chi connectivity index (χ4n) is 4.47. The third-order valence-corrected chi connectivity index (χ3v) is 5.89. The molecule has 3 aromatic rings. The number of amides is 1. The Hall–Kier alpha value is -3.57. The van der Waals surface area contributed by atoms with Gasteiger partial charge in [0.05, 0.1) is 24.0 Å². The molecule has 2 fully saturated rings. The predicted molar refractivity (Wildman–Crippen MR) is 106 cm³/mol. The number of carbonyl (C=O) groups is 1. The van der Waals surface area contributed by atoms with Gasteiger partial charge in [-0.05, 0) is 37.8 Å². The zero-order valence-corrected chi connectivity index (χ0v) is 17.0. The van der Waals surface area contributed by atoms with Crippen LogP contribution >= 0.6 is 0 Å². The van der Waals surface area contributed by atoms with E-state index in [0.717, 1.165) is 25.2 Å². The Morgan fingerprint density at radius 3 is 2.50 bits per heavy atom. The highest BCUT2D eigenvalue weighted by Crippen LogP contribution is 2.40. The maximum atomic E-state index is 13.5. The maximum absolute atomic E-state index is 13.5. The SMILES string of the molecule is Cc1ccc(-n2nccn2)c(C(=O)N2C[C@@H]3C[C@@H](Nc4ncc(C(F)(F)F)cn4)[C@@H]2C3)n1. The van der Waals surface area contributed by atoms with E-state index >= 15 is 0 Å². The summed E-state index contributed by atoms with van der Waals surface area (Å²) in [5, 5.41) is 11.3. The molecule has 1 saturated heterocycles. The van der Waals surface area contributed by atoms with Crippen molar-refractivity contribution in [1.29, 1.82) is 0 Å². The molecule has 1 aliphatic carbocycles. The average molecular weight is 444 g/mol. The number of halogens is 3. The van der Waals surface area contributed by atoms with Gasteiger partial charge in [-0.3, -0.25) is 4.79 Å². The first kappa shape index (κ1) is 20.3. The second-order valence-electron chi connectivity index (χ2n) is 8.05. The fraction of sp³-hybridized carbons (Fsp3) is 0.400. The molecule has 9 nitrogen and oxygen atoms in total. The zero-order chi connectivity index (χ0) is 22.5. The first-order valence-electron chi connectivity index (χ1n) is 10.1. The van der Waals surface area contributed by atoms with Gasteiger partial charge in [0.2, 0.25) is 5.95 Å². The Kier molecular flexibility index (Phi) is 4.79. The van der Waals surface area contributed by atoms with E-state index in [9.17, 15) is 18.0 Å². The second kappa shape index (κ2) is 7.53. The molecule has 3 atom stereocenters. The van der Waals surface area contributed by atoms with Gasteiger partial charge in [-0.25, -0.2) is 15.0 Å². The summed E-state index contributed by atoms with van der Waals surface area (Å²) in [5.41, 5.74) is 0.543. The molecule has 0 unspecified atom stereocenters. The van der Waals surface area contributed by atoms with Crippen molar-refractivity contribution in [3.63, 3.8) is 0 Å². The molecule has 1 amide bonds. The Labute approximate surface area is 180 Å². The van der Waals surface area contributed by atoms with Crippen LogP contribution in [0.4, 0.5) is 19.1 Å². The van der Waals surface area contributed by atoms with Crippen LogP contribution < -0.4 is 5.32 Å². The van der Waals surface area contributed by atoms with Crippen molar-refractivity contribution in [1.82, 2.24) is 34.8 Å². The number of nitrogens with one attached hydrogen (secondary N) is 1. The number of anilines is 1. The number of nitrogens with zero attached hydrogens (tertiary/aromatic N) is 7. The number of rotatable bonds is 4. The van der Waals surface area contributed by atoms with Gasteiger partial charge in [-0.2, -0.15) is 23.4 Å². The highest BCUT2D eigenvalue weighted by Gasteiger charge is 2.48. The number of fused-ring (bicyclic) bond motifs is 2. The third-order valence-electron chi connectivity index (χ3n) is 5.89. The minimum absolute atomic E-state index is 0.109. The lowest BCUT2D eigenvalue weighted by atomic mass is 10.0. The van der Waals surface area contributed by atoms with Gasteiger partial charge >= 0.3 is 6.18 Å². The predicted octanol–water partition coefficient (Wildman–Crippen LogP) is 2.49. The molecule has 12 heteroatoms. The number of pyridine rings is 1. The first-order chi connectivity index (χ1) is 15.3. The van der Waals surface area contributed by atoms with Crippen molar-refractivity contribution in [3.05, 3.63) is 53.9 Å². The summed E-state index contributed by atoms with van der Waals surface area (Å²) in [4.78, 5) is 28.7. The third kappa shape index (κ3) is 3.65. The molecule has 2 aliphatic rings. The van der Waals surface area contributed by atoms with Gasteiger partial charge < -0.3 is 10.2 Å². The van der Waals surface area contributed by atoms with E-state index in [2.05, 4.69) is 30.5 Å². The van der Waals surface area contributed by atoms with Gasteiger partial charge in [0, 0.05) is 30.7 Å². The topological polar surface area (TPSA) is 102 Å². The Balaban J connectivity index is 1.37. The van der Waals surface area contributed by atoms with Crippen molar-refractivity contribution in [2.24, 2.45) is 5.92 Å². The molecule has 4 heterocycles. The standard InChI is InChI=1S/C20H19F3N8O/c1-11-2-3-15(31-26-4-5-27-31)17(28-11)18(32)30-10-12-6-14(16(30)7-12)29-19-24-8-13(9-25-19)20(21,22)23/h2-5,8-9,12,14,16H,6-7,10H2,1H3,(H,24,25,29)/t12-,14-,16+/m1/s1. The number of piperidine rings is 1. The van der Waals surface area contributed by atoms with Gasteiger partial charge in [0.15, 0.2) is 5.69 Å². The van der Waals surface area contributed by atoms with Crippen molar-refractivity contribution >= 4 is 11.9 Å². The van der Waals surface area contributed by atoms with E-state index < -0.39 is 11.7 Å². The second-order valence-corrected chi connectivity index (χ2v) is 8.05. The zero-order valence-electron chi connectivity index (χ0n) is 17.0. The van der Waals surface area contributed by atoms with Crippen LogP contribution in [-0.2, 0) is 6.18 Å². The van der Waals surface area contributed by atoms with Crippen molar-refractivity contribution < 1.29 is 18.0 Å². The van der Waals surface area contributed by atoms with E-state index in [0.29, 0.717) is 17.9 Å². The van der Waals surface area contributed by atoms with Crippen LogP contribution in [0.25, 0.3) is 5.69 Å². The van der Waals surface area contributed by atoms with Crippen molar-refractivity contribution in [2.45, 2.75) is 38.0 Å². The number of carbonyl (C=O) groups excluding carboxylic acids is 1. The number of hydrogen-bond acceptors (Lipinski definition) is 7. The summed E-state index contributed by atoms with van der Waals surface area (Å²) in [7, 11) is 0. The normalized spacial score (nSPS) is 22.4. The molecule has 0 aromatic carbocycles. The number of likely N-dealkylation sites (tertiary alicyclic amines) is 1. The quantitative estimate of drug-likeness (QED) is 0.660. The van der Waals surface area contributed by atoms with Crippen LogP contribution in [0.5, 0.6) is 0 Å². The summed E-state index contributed by atoms with van der Waals surface area (Å²) >= 11 is 0. The number of aromatic nitrogens is 6. The van der Waals surface area contributed by atoms with E-state index in [4.69, 9.17) is 0 Å². The van der Waals surface area contributed by atoms with Gasteiger partial charge in [-0.15, -0.1) is 4.80 Å². The highest BCUT2D eigenvalue weighted by atomic mass is 19.4. The molecular formula is C20H19F3N8O. The Morgan fingerprint density at radius 1 is 1.12 bits per heavy atom. The molecule has 0 radical (unpaired) electrons. The Morgan fingerprint density at radius 2 is 1.84 bits per heavy atom. The van der Waals surface area contributed by atoms with Gasteiger partial charge in [0.25, 0.3) is 5.91 Å².